The van der Waals surface area contributed by atoms with Crippen LogP contribution in [0, 0.1) is 11.3 Å². The van der Waals surface area contributed by atoms with Crippen LogP contribution in [-0.4, -0.2) is 40.7 Å². The highest BCUT2D eigenvalue weighted by atomic mass is 32.2. The maximum Gasteiger partial charge on any atom is 0.307 e. The zero-order chi connectivity index (χ0) is 20.2. The minimum Gasteiger partial charge on any atom is -0.466 e. The lowest BCUT2D eigenvalue weighted by atomic mass is 10.2. The van der Waals surface area contributed by atoms with Crippen LogP contribution in [0.3, 0.4) is 0 Å². The van der Waals surface area contributed by atoms with Crippen molar-refractivity contribution in [3.63, 3.8) is 0 Å². The first-order chi connectivity index (χ1) is 13.6. The largest absolute Gasteiger partial charge is 0.466 e. The van der Waals surface area contributed by atoms with Gasteiger partial charge in [0, 0.05) is 31.2 Å². The first-order valence-corrected chi connectivity index (χ1v) is 10.2. The minimum atomic E-state index is -0.309. The van der Waals surface area contributed by atoms with Gasteiger partial charge in [-0.1, -0.05) is 18.2 Å². The zero-order valence-corrected chi connectivity index (χ0v) is 16.7. The number of amides is 1. The number of carbonyl (C=O) groups excluding carboxylic acids is 2. The molecule has 146 valence electrons. The van der Waals surface area contributed by atoms with Gasteiger partial charge in [-0.3, -0.25) is 14.6 Å². The third kappa shape index (κ3) is 7.41. The van der Waals surface area contributed by atoms with Crippen LogP contribution in [0.15, 0.2) is 48.8 Å². The van der Waals surface area contributed by atoms with Crippen molar-refractivity contribution in [2.24, 2.45) is 0 Å². The number of nitriles is 1. The summed E-state index contributed by atoms with van der Waals surface area (Å²) in [6.07, 6.45) is 3.57. The Morgan fingerprint density at radius 2 is 2.00 bits per heavy atom. The summed E-state index contributed by atoms with van der Waals surface area (Å²) in [6.45, 7) is 2.81. The van der Waals surface area contributed by atoms with Crippen LogP contribution < -0.4 is 0 Å². The molecule has 0 aliphatic carbocycles. The SMILES string of the molecule is CCOC(=O)CCN(Cc1cccnc1)C(=O)CSCc1ccc(C#N)cc1. The van der Waals surface area contributed by atoms with E-state index in [1.165, 1.54) is 11.8 Å². The van der Waals surface area contributed by atoms with E-state index in [4.69, 9.17) is 10.00 Å². The quantitative estimate of drug-likeness (QED) is 0.573. The molecule has 2 rings (SSSR count). The summed E-state index contributed by atoms with van der Waals surface area (Å²) in [5.41, 5.74) is 2.59. The predicted molar refractivity (Wildman–Crippen MR) is 108 cm³/mol. The topological polar surface area (TPSA) is 83.3 Å². The van der Waals surface area contributed by atoms with Gasteiger partial charge in [0.2, 0.25) is 5.91 Å². The molecule has 1 aromatic heterocycles. The lowest BCUT2D eigenvalue weighted by molar-refractivity contribution is -0.144. The molecule has 1 heterocycles. The lowest BCUT2D eigenvalue weighted by Crippen LogP contribution is -2.34. The zero-order valence-electron chi connectivity index (χ0n) is 15.8. The number of nitrogens with zero attached hydrogens (tertiary/aromatic N) is 3. The molecule has 0 atom stereocenters. The third-order valence-corrected chi connectivity index (χ3v) is 4.91. The first-order valence-electron chi connectivity index (χ1n) is 9.01. The molecule has 0 aliphatic heterocycles. The van der Waals surface area contributed by atoms with Gasteiger partial charge in [0.15, 0.2) is 0 Å². The van der Waals surface area contributed by atoms with Gasteiger partial charge in [0.05, 0.1) is 30.4 Å². The second-order valence-electron chi connectivity index (χ2n) is 6.03. The number of hydrogen-bond acceptors (Lipinski definition) is 6. The number of benzene rings is 1. The fourth-order valence-corrected chi connectivity index (χ4v) is 3.37. The van der Waals surface area contributed by atoms with Crippen LogP contribution in [-0.2, 0) is 26.6 Å². The van der Waals surface area contributed by atoms with Crippen molar-refractivity contribution in [3.8, 4) is 6.07 Å². The molecule has 0 spiro atoms. The molecule has 2 aromatic rings. The van der Waals surface area contributed by atoms with Crippen LogP contribution >= 0.6 is 11.8 Å². The summed E-state index contributed by atoms with van der Waals surface area (Å²) in [5.74, 6) is 0.641. The first kappa shape index (κ1) is 21.5. The number of hydrogen-bond donors (Lipinski definition) is 0. The van der Waals surface area contributed by atoms with Crippen LogP contribution in [0.1, 0.15) is 30.0 Å². The Morgan fingerprint density at radius 3 is 2.64 bits per heavy atom. The fraction of sp³-hybridized carbons (Fsp3) is 0.333. The van der Waals surface area contributed by atoms with E-state index < -0.39 is 0 Å². The van der Waals surface area contributed by atoms with Crippen molar-refractivity contribution in [1.29, 1.82) is 5.26 Å². The van der Waals surface area contributed by atoms with Crippen molar-refractivity contribution >= 4 is 23.6 Å². The van der Waals surface area contributed by atoms with E-state index in [9.17, 15) is 9.59 Å². The molecule has 0 fully saturated rings. The molecular formula is C21H23N3O3S. The van der Waals surface area contributed by atoms with E-state index >= 15 is 0 Å². The second-order valence-corrected chi connectivity index (χ2v) is 7.02. The normalized spacial score (nSPS) is 10.1. The van der Waals surface area contributed by atoms with Gasteiger partial charge in [-0.05, 0) is 36.2 Å². The van der Waals surface area contributed by atoms with E-state index in [0.717, 1.165) is 11.1 Å². The Balaban J connectivity index is 1.90. The summed E-state index contributed by atoms with van der Waals surface area (Å²) >= 11 is 1.51. The van der Waals surface area contributed by atoms with E-state index in [0.29, 0.717) is 36.8 Å². The van der Waals surface area contributed by atoms with Crippen molar-refractivity contribution < 1.29 is 14.3 Å². The summed E-state index contributed by atoms with van der Waals surface area (Å²) < 4.78 is 4.96. The van der Waals surface area contributed by atoms with Crippen molar-refractivity contribution in [1.82, 2.24) is 9.88 Å². The van der Waals surface area contributed by atoms with Crippen molar-refractivity contribution in [2.45, 2.75) is 25.6 Å². The standard InChI is InChI=1S/C21H23N3O3S/c1-2-27-21(26)9-11-24(14-19-4-3-10-23-13-19)20(25)16-28-15-18-7-5-17(12-22)6-8-18/h3-8,10,13H,2,9,11,14-16H2,1H3. The Bertz CT molecular complexity index is 804. The molecule has 7 heteroatoms. The Morgan fingerprint density at radius 1 is 1.21 bits per heavy atom. The summed E-state index contributed by atoms with van der Waals surface area (Å²) in [6, 6.07) is 13.1. The molecular weight excluding hydrogens is 374 g/mol. The third-order valence-electron chi connectivity index (χ3n) is 3.92. The Hall–Kier alpha value is -2.85. The maximum absolute atomic E-state index is 12.7. The molecule has 1 amide bonds. The summed E-state index contributed by atoms with van der Waals surface area (Å²) in [4.78, 5) is 30.1. The van der Waals surface area contributed by atoms with Crippen LogP contribution in [0.25, 0.3) is 0 Å². The molecule has 0 aliphatic rings. The number of ether oxygens (including phenoxy) is 1. The highest BCUT2D eigenvalue weighted by Crippen LogP contribution is 2.15. The van der Waals surface area contributed by atoms with E-state index in [2.05, 4.69) is 11.1 Å². The molecule has 0 bridgehead atoms. The number of aromatic nitrogens is 1. The molecule has 0 radical (unpaired) electrons. The van der Waals surface area contributed by atoms with Gasteiger partial charge in [-0.2, -0.15) is 5.26 Å². The number of pyridine rings is 1. The summed E-state index contributed by atoms with van der Waals surface area (Å²) in [5, 5.41) is 8.84. The van der Waals surface area contributed by atoms with Crippen molar-refractivity contribution in [2.75, 3.05) is 18.9 Å². The second kappa shape index (κ2) is 11.8. The predicted octanol–water partition coefficient (Wildman–Crippen LogP) is 3.17. The van der Waals surface area contributed by atoms with Gasteiger partial charge >= 0.3 is 5.97 Å². The number of rotatable bonds is 10. The minimum absolute atomic E-state index is 0.0354. The van der Waals surface area contributed by atoms with Crippen molar-refractivity contribution in [3.05, 3.63) is 65.5 Å². The van der Waals surface area contributed by atoms with Gasteiger partial charge < -0.3 is 9.64 Å². The van der Waals surface area contributed by atoms with Gasteiger partial charge in [-0.15, -0.1) is 11.8 Å². The average molecular weight is 398 g/mol. The van der Waals surface area contributed by atoms with Crippen LogP contribution in [0.5, 0.6) is 0 Å². The van der Waals surface area contributed by atoms with E-state index in [1.54, 1.807) is 36.4 Å². The highest BCUT2D eigenvalue weighted by molar-refractivity contribution is 7.99. The molecule has 0 saturated heterocycles. The van der Waals surface area contributed by atoms with Gasteiger partial charge in [-0.25, -0.2) is 0 Å². The van der Waals surface area contributed by atoms with Crippen LogP contribution in [0.2, 0.25) is 0 Å². The van der Waals surface area contributed by atoms with Crippen LogP contribution in [0.4, 0.5) is 0 Å². The summed E-state index contributed by atoms with van der Waals surface area (Å²) in [7, 11) is 0. The smallest absolute Gasteiger partial charge is 0.307 e. The Kier molecular flexibility index (Phi) is 9.02. The monoisotopic (exact) mass is 397 g/mol. The molecule has 0 saturated carbocycles. The van der Waals surface area contributed by atoms with E-state index in [-0.39, 0.29) is 18.3 Å². The fourth-order valence-electron chi connectivity index (χ4n) is 2.49. The number of thioether (sulfide) groups is 1. The number of esters is 1. The average Bonchev–Trinajstić information content (AvgIpc) is 2.72. The molecule has 0 unspecified atom stereocenters. The molecule has 0 N–H and O–H groups in total. The molecule has 1 aromatic carbocycles. The molecule has 6 nitrogen and oxygen atoms in total. The highest BCUT2D eigenvalue weighted by Gasteiger charge is 2.16. The van der Waals surface area contributed by atoms with Gasteiger partial charge in [0.25, 0.3) is 0 Å². The molecule has 28 heavy (non-hydrogen) atoms. The lowest BCUT2D eigenvalue weighted by Gasteiger charge is -2.22. The maximum atomic E-state index is 12.7. The number of carbonyl (C=O) groups is 2. The Labute approximate surface area is 169 Å². The van der Waals surface area contributed by atoms with Gasteiger partial charge in [0.1, 0.15) is 0 Å². The van der Waals surface area contributed by atoms with E-state index in [1.807, 2.05) is 24.3 Å².